The first kappa shape index (κ1) is 3.57. The normalized spacial score (nSPS) is 19.4. The highest BCUT2D eigenvalue weighted by molar-refractivity contribution is 5.65. The highest BCUT2D eigenvalue weighted by atomic mass is 15.3. The van der Waals surface area contributed by atoms with Gasteiger partial charge in [-0.25, -0.2) is 4.68 Å². The van der Waals surface area contributed by atoms with Gasteiger partial charge in [-0.15, -0.1) is 0 Å². The fourth-order valence-corrected chi connectivity index (χ4v) is 1.28. The van der Waals surface area contributed by atoms with Gasteiger partial charge in [0.15, 0.2) is 0 Å². The third kappa shape index (κ3) is 1.97. The first-order chi connectivity index (χ1) is 13.0. The van der Waals surface area contributed by atoms with Crippen LogP contribution in [0.3, 0.4) is 0 Å². The number of benzene rings is 2. The second-order valence-electron chi connectivity index (χ2n) is 3.06. The lowest BCUT2D eigenvalue weighted by molar-refractivity contribution is 0.881. The zero-order chi connectivity index (χ0) is 21.1. The fraction of sp³-hybridized carbons (Fsp3) is 0. The molecule has 0 amide bonds. The Morgan fingerprint density at radius 3 is 2.53 bits per heavy atom. The molecule has 0 aliphatic rings. The van der Waals surface area contributed by atoms with E-state index in [2.05, 4.69) is 5.10 Å². The highest BCUT2D eigenvalue weighted by Gasteiger charge is 2.00. The van der Waals surface area contributed by atoms with E-state index < -0.39 is 72.3 Å². The molecule has 3 aromatic rings. The molecule has 2 aromatic carbocycles. The van der Waals surface area contributed by atoms with Crippen LogP contribution in [0.15, 0.2) is 72.8 Å². The third-order valence-corrected chi connectivity index (χ3v) is 2.01. The maximum atomic E-state index is 8.42. The van der Waals surface area contributed by atoms with Crippen LogP contribution in [0.4, 0.5) is 0 Å². The summed E-state index contributed by atoms with van der Waals surface area (Å²) in [7, 11) is 0. The maximum absolute atomic E-state index is 8.42. The minimum Gasteiger partial charge on any atom is -0.241 e. The Labute approximate surface area is 116 Å². The average molecular weight is 231 g/mol. The minimum atomic E-state index is -0.645. The van der Waals surface area contributed by atoms with Crippen LogP contribution in [0.1, 0.15) is 15.1 Å². The molecule has 0 aliphatic carbocycles. The molecular formula is C15H12N2. The van der Waals surface area contributed by atoms with E-state index in [1.165, 1.54) is 0 Å². The van der Waals surface area contributed by atoms with Gasteiger partial charge >= 0.3 is 0 Å². The van der Waals surface area contributed by atoms with E-state index in [1.807, 2.05) is 0 Å². The van der Waals surface area contributed by atoms with E-state index >= 15 is 0 Å². The number of rotatable bonds is 2. The number of aromatic nitrogens is 2. The minimum absolute atomic E-state index is 0.209. The summed E-state index contributed by atoms with van der Waals surface area (Å²) in [5.41, 5.74) is -1.00. The van der Waals surface area contributed by atoms with Crippen LogP contribution in [0, 0.1) is 0 Å². The van der Waals surface area contributed by atoms with Crippen LogP contribution in [0.25, 0.3) is 16.8 Å². The van der Waals surface area contributed by atoms with Crippen molar-refractivity contribution >= 4 is 0 Å². The topological polar surface area (TPSA) is 17.8 Å². The molecule has 0 spiro atoms. The van der Waals surface area contributed by atoms with Gasteiger partial charge in [0.05, 0.1) is 20.8 Å². The predicted octanol–water partition coefficient (Wildman–Crippen LogP) is 3.54. The molecule has 3 rings (SSSR count). The van der Waals surface area contributed by atoms with Crippen molar-refractivity contribution in [3.8, 4) is 16.8 Å². The van der Waals surface area contributed by atoms with Gasteiger partial charge in [0.25, 0.3) is 0 Å². The lowest BCUT2D eigenvalue weighted by Gasteiger charge is -2.05. The van der Waals surface area contributed by atoms with E-state index in [0.29, 0.717) is 0 Å². The molecule has 0 N–H and O–H groups in total. The highest BCUT2D eigenvalue weighted by Crippen LogP contribution is 2.21. The van der Waals surface area contributed by atoms with E-state index in [9.17, 15) is 0 Å². The quantitative estimate of drug-likeness (QED) is 0.659. The Bertz CT molecular complexity index is 1110. The second kappa shape index (κ2) is 4.26. The second-order valence-corrected chi connectivity index (χ2v) is 3.06. The lowest BCUT2D eigenvalue weighted by Crippen LogP contribution is -1.93. The van der Waals surface area contributed by atoms with Crippen LogP contribution in [-0.4, -0.2) is 9.78 Å². The van der Waals surface area contributed by atoms with Crippen molar-refractivity contribution in [3.05, 3.63) is 72.8 Å². The largest absolute Gasteiger partial charge is 0.241 e. The van der Waals surface area contributed by atoms with Gasteiger partial charge in [0, 0.05) is 12.3 Å². The predicted molar refractivity (Wildman–Crippen MR) is 69.0 cm³/mol. The molecule has 0 fully saturated rings. The smallest absolute Gasteiger partial charge is 0.0860 e. The molecule has 0 atom stereocenters. The van der Waals surface area contributed by atoms with E-state index in [0.717, 1.165) is 10.7 Å². The Morgan fingerprint density at radius 2 is 1.76 bits per heavy atom. The molecule has 17 heavy (non-hydrogen) atoms. The lowest BCUT2D eigenvalue weighted by atomic mass is 10.1. The summed E-state index contributed by atoms with van der Waals surface area (Å²) in [6.45, 7) is 0. The summed E-state index contributed by atoms with van der Waals surface area (Å²) in [6, 6.07) is -4.07. The molecule has 0 bridgehead atoms. The molecule has 1 aromatic heterocycles. The monoisotopic (exact) mass is 231 g/mol. The Hall–Kier alpha value is -2.35. The summed E-state index contributed by atoms with van der Waals surface area (Å²) in [5.74, 6) is 0. The van der Waals surface area contributed by atoms with E-state index in [1.54, 1.807) is 0 Å². The summed E-state index contributed by atoms with van der Waals surface area (Å²) in [6.07, 6.45) is -1.03. The standard InChI is InChI=1S/C15H12N2/c1-2-6-13(7-3-1)14-8-4-9-15(12-14)17-11-5-10-16-17/h1-12H/i1D,2D,3D,4D,5D,6D,7D,8D,10D,11D,12D. The molecule has 1 heterocycles. The average Bonchev–Trinajstić information content (AvgIpc) is 2.91. The summed E-state index contributed by atoms with van der Waals surface area (Å²) in [5, 5.41) is 3.69. The zero-order valence-corrected chi connectivity index (χ0v) is 8.47. The molecule has 0 unspecified atom stereocenters. The van der Waals surface area contributed by atoms with Crippen LogP contribution in [0.2, 0.25) is 0 Å². The van der Waals surface area contributed by atoms with Crippen LogP contribution < -0.4 is 0 Å². The molecule has 82 valence electrons. The Balaban J connectivity index is 2.45. The van der Waals surface area contributed by atoms with Gasteiger partial charge in [-0.3, -0.25) is 0 Å². The van der Waals surface area contributed by atoms with Crippen molar-refractivity contribution in [1.29, 1.82) is 0 Å². The van der Waals surface area contributed by atoms with Crippen molar-refractivity contribution in [2.24, 2.45) is 0 Å². The van der Waals surface area contributed by atoms with Crippen molar-refractivity contribution in [2.75, 3.05) is 0 Å². The molecule has 0 radical (unpaired) electrons. The molecule has 2 heteroatoms. The van der Waals surface area contributed by atoms with Gasteiger partial charge in [0.2, 0.25) is 0 Å². The first-order valence-electron chi connectivity index (χ1n) is 10.2. The van der Waals surface area contributed by atoms with Gasteiger partial charge in [-0.2, -0.15) is 5.10 Å². The van der Waals surface area contributed by atoms with Crippen molar-refractivity contribution in [1.82, 2.24) is 9.78 Å². The van der Waals surface area contributed by atoms with Crippen LogP contribution in [-0.2, 0) is 0 Å². The molecule has 0 aliphatic heterocycles. The summed E-state index contributed by atoms with van der Waals surface area (Å²) >= 11 is 0. The number of hydrogen-bond acceptors (Lipinski definition) is 1. The van der Waals surface area contributed by atoms with E-state index in [4.69, 9.17) is 15.1 Å². The van der Waals surface area contributed by atoms with Crippen molar-refractivity contribution < 1.29 is 15.1 Å². The first-order valence-corrected chi connectivity index (χ1v) is 4.70. The molecule has 2 nitrogen and oxygen atoms in total. The van der Waals surface area contributed by atoms with Crippen LogP contribution in [0.5, 0.6) is 0 Å². The Kier molecular flexibility index (Phi) is 0.894. The summed E-state index contributed by atoms with van der Waals surface area (Å²) < 4.78 is 87.8. The molecular weight excluding hydrogens is 208 g/mol. The van der Waals surface area contributed by atoms with Gasteiger partial charge in [-0.1, -0.05) is 42.3 Å². The number of hydrogen-bond donors (Lipinski definition) is 0. The van der Waals surface area contributed by atoms with Gasteiger partial charge in [-0.05, 0) is 29.3 Å². The third-order valence-electron chi connectivity index (χ3n) is 2.01. The van der Waals surface area contributed by atoms with Crippen molar-refractivity contribution in [3.63, 3.8) is 0 Å². The fourth-order valence-electron chi connectivity index (χ4n) is 1.28. The van der Waals surface area contributed by atoms with E-state index in [-0.39, 0.29) is 11.3 Å². The Morgan fingerprint density at radius 1 is 0.941 bits per heavy atom. The molecule has 0 saturated heterocycles. The summed E-state index contributed by atoms with van der Waals surface area (Å²) in [4.78, 5) is 0. The van der Waals surface area contributed by atoms with Gasteiger partial charge < -0.3 is 0 Å². The molecule has 0 saturated carbocycles. The zero-order valence-electron chi connectivity index (χ0n) is 19.5. The SMILES string of the molecule is [2H]c1cc(-n2nc([2H])c([2H])c2[2H])c([2H])c(-c2c([2H])c([2H])c([2H])c([2H])c2[2H])c1[2H]. The van der Waals surface area contributed by atoms with Gasteiger partial charge in [0.1, 0.15) is 0 Å². The van der Waals surface area contributed by atoms with Crippen LogP contribution >= 0.6 is 0 Å². The maximum Gasteiger partial charge on any atom is 0.0860 e. The number of nitrogens with zero attached hydrogens (tertiary/aromatic N) is 2. The van der Waals surface area contributed by atoms with Crippen molar-refractivity contribution in [2.45, 2.75) is 0 Å².